The maximum atomic E-state index is 12.4. The number of rotatable bonds is 6. The fourth-order valence-electron chi connectivity index (χ4n) is 3.30. The van der Waals surface area contributed by atoms with E-state index in [4.69, 9.17) is 27.9 Å². The molecular formula is C21H23Cl2NO2. The molecule has 0 radical (unpaired) electrons. The van der Waals surface area contributed by atoms with Crippen LogP contribution in [0.2, 0.25) is 10.0 Å². The summed E-state index contributed by atoms with van der Waals surface area (Å²) in [6.45, 7) is 1.12. The van der Waals surface area contributed by atoms with Crippen LogP contribution in [0.3, 0.4) is 0 Å². The van der Waals surface area contributed by atoms with Crippen molar-refractivity contribution in [1.29, 1.82) is 0 Å². The third-order valence-corrected chi connectivity index (χ3v) is 5.63. The number of ether oxygens (including phenoxy) is 1. The smallest absolute Gasteiger partial charge is 0.253 e. The lowest BCUT2D eigenvalue weighted by Gasteiger charge is -2.22. The first-order chi connectivity index (χ1) is 12.6. The second-order valence-corrected chi connectivity index (χ2v) is 7.49. The van der Waals surface area contributed by atoms with Crippen LogP contribution in [0.5, 0.6) is 5.75 Å². The molecule has 1 aliphatic rings. The molecule has 2 aromatic carbocycles. The number of para-hydroxylation sites is 1. The van der Waals surface area contributed by atoms with Gasteiger partial charge in [-0.3, -0.25) is 4.79 Å². The molecule has 3 rings (SSSR count). The van der Waals surface area contributed by atoms with Crippen LogP contribution in [0, 0.1) is 5.92 Å². The van der Waals surface area contributed by atoms with E-state index < -0.39 is 0 Å². The van der Waals surface area contributed by atoms with Crippen molar-refractivity contribution in [2.75, 3.05) is 6.61 Å². The zero-order chi connectivity index (χ0) is 18.4. The summed E-state index contributed by atoms with van der Waals surface area (Å²) in [4.78, 5) is 12.4. The highest BCUT2D eigenvalue weighted by atomic mass is 35.5. The lowest BCUT2D eigenvalue weighted by atomic mass is 9.90. The molecule has 1 amide bonds. The molecule has 0 heterocycles. The lowest BCUT2D eigenvalue weighted by Crippen LogP contribution is -2.24. The summed E-state index contributed by atoms with van der Waals surface area (Å²) in [5, 5.41) is 3.54. The maximum absolute atomic E-state index is 12.4. The van der Waals surface area contributed by atoms with E-state index in [0.29, 0.717) is 23.0 Å². The molecule has 3 nitrogen and oxygen atoms in total. The Labute approximate surface area is 164 Å². The van der Waals surface area contributed by atoms with Gasteiger partial charge in [-0.05, 0) is 37.0 Å². The molecule has 5 heteroatoms. The molecule has 26 heavy (non-hydrogen) atoms. The van der Waals surface area contributed by atoms with Crippen LogP contribution in [0.15, 0.2) is 42.5 Å². The highest BCUT2D eigenvalue weighted by Gasteiger charge is 2.16. The molecular weight excluding hydrogens is 369 g/mol. The van der Waals surface area contributed by atoms with Crippen molar-refractivity contribution in [3.05, 3.63) is 63.6 Å². The van der Waals surface area contributed by atoms with Crippen molar-refractivity contribution in [2.24, 2.45) is 5.92 Å². The first-order valence-corrected chi connectivity index (χ1v) is 9.83. The Balaban J connectivity index is 1.61. The molecule has 0 saturated heterocycles. The normalized spacial score (nSPS) is 14.8. The summed E-state index contributed by atoms with van der Waals surface area (Å²) in [7, 11) is 0. The Hall–Kier alpha value is -1.71. The van der Waals surface area contributed by atoms with Crippen LogP contribution in [0.4, 0.5) is 0 Å². The Kier molecular flexibility index (Phi) is 6.81. The average Bonchev–Trinajstić information content (AvgIpc) is 2.68. The molecule has 2 aromatic rings. The number of carbonyl (C=O) groups is 1. The van der Waals surface area contributed by atoms with Gasteiger partial charge < -0.3 is 10.1 Å². The number of nitrogens with one attached hydrogen (secondary N) is 1. The largest absolute Gasteiger partial charge is 0.493 e. The second kappa shape index (κ2) is 9.29. The maximum Gasteiger partial charge on any atom is 0.253 e. The lowest BCUT2D eigenvalue weighted by molar-refractivity contribution is 0.0950. The Morgan fingerprint density at radius 1 is 1.04 bits per heavy atom. The van der Waals surface area contributed by atoms with Crippen molar-refractivity contribution in [3.8, 4) is 5.75 Å². The van der Waals surface area contributed by atoms with Crippen molar-refractivity contribution in [1.82, 2.24) is 5.32 Å². The van der Waals surface area contributed by atoms with E-state index in [1.54, 1.807) is 18.2 Å². The zero-order valence-corrected chi connectivity index (χ0v) is 16.2. The first kappa shape index (κ1) is 19.1. The minimum absolute atomic E-state index is 0.250. The van der Waals surface area contributed by atoms with E-state index in [9.17, 15) is 4.79 Å². The molecule has 0 bridgehead atoms. The fourth-order valence-corrected chi connectivity index (χ4v) is 3.69. The van der Waals surface area contributed by atoms with Crippen molar-refractivity contribution in [2.45, 2.75) is 38.6 Å². The van der Waals surface area contributed by atoms with Gasteiger partial charge in [-0.15, -0.1) is 0 Å². The topological polar surface area (TPSA) is 38.3 Å². The Morgan fingerprint density at radius 3 is 2.62 bits per heavy atom. The molecule has 0 aliphatic heterocycles. The number of carbonyl (C=O) groups excluding carboxylic acids is 1. The van der Waals surface area contributed by atoms with Crippen LogP contribution in [-0.2, 0) is 6.54 Å². The van der Waals surface area contributed by atoms with Gasteiger partial charge in [0.05, 0.1) is 22.2 Å². The summed E-state index contributed by atoms with van der Waals surface area (Å²) in [5.41, 5.74) is 1.33. The highest BCUT2D eigenvalue weighted by Crippen LogP contribution is 2.27. The van der Waals surface area contributed by atoms with Gasteiger partial charge in [0.1, 0.15) is 5.75 Å². The summed E-state index contributed by atoms with van der Waals surface area (Å²) in [6.07, 6.45) is 6.42. The van der Waals surface area contributed by atoms with Crippen LogP contribution >= 0.6 is 23.2 Å². The predicted octanol–water partition coefficient (Wildman–Crippen LogP) is 5.88. The van der Waals surface area contributed by atoms with E-state index in [0.717, 1.165) is 17.9 Å². The quantitative estimate of drug-likeness (QED) is 0.667. The fraction of sp³-hybridized carbons (Fsp3) is 0.381. The van der Waals surface area contributed by atoms with E-state index >= 15 is 0 Å². The molecule has 0 spiro atoms. The van der Waals surface area contributed by atoms with Gasteiger partial charge >= 0.3 is 0 Å². The Bertz CT molecular complexity index is 757. The number of halogens is 2. The molecule has 0 aromatic heterocycles. The van der Waals surface area contributed by atoms with Gasteiger partial charge in [0.25, 0.3) is 5.91 Å². The van der Waals surface area contributed by atoms with Gasteiger partial charge in [0, 0.05) is 12.1 Å². The van der Waals surface area contributed by atoms with Gasteiger partial charge in [0.2, 0.25) is 0 Å². The van der Waals surface area contributed by atoms with E-state index in [-0.39, 0.29) is 10.9 Å². The molecule has 1 aliphatic carbocycles. The van der Waals surface area contributed by atoms with Gasteiger partial charge in [-0.1, -0.05) is 66.7 Å². The van der Waals surface area contributed by atoms with Crippen molar-refractivity contribution in [3.63, 3.8) is 0 Å². The standard InChI is InChI=1S/C21H23Cl2NO2/c22-18-11-6-10-17(20(18)23)21(25)24-13-16-9-4-5-12-19(16)26-14-15-7-2-1-3-8-15/h4-6,9-12,15H,1-3,7-8,13-14H2,(H,24,25). The van der Waals surface area contributed by atoms with Crippen LogP contribution in [0.1, 0.15) is 48.0 Å². The summed E-state index contributed by atoms with van der Waals surface area (Å²) >= 11 is 12.1. The van der Waals surface area contributed by atoms with Gasteiger partial charge in [-0.2, -0.15) is 0 Å². The van der Waals surface area contributed by atoms with E-state index in [1.807, 2.05) is 24.3 Å². The van der Waals surface area contributed by atoms with Crippen LogP contribution in [-0.4, -0.2) is 12.5 Å². The van der Waals surface area contributed by atoms with Gasteiger partial charge in [-0.25, -0.2) is 0 Å². The molecule has 0 atom stereocenters. The minimum Gasteiger partial charge on any atom is -0.493 e. The second-order valence-electron chi connectivity index (χ2n) is 6.71. The van der Waals surface area contributed by atoms with Crippen LogP contribution in [0.25, 0.3) is 0 Å². The summed E-state index contributed by atoms with van der Waals surface area (Å²) < 4.78 is 6.06. The third-order valence-electron chi connectivity index (χ3n) is 4.81. The number of hydrogen-bond donors (Lipinski definition) is 1. The van der Waals surface area contributed by atoms with Crippen LogP contribution < -0.4 is 10.1 Å². The number of hydrogen-bond acceptors (Lipinski definition) is 2. The van der Waals surface area contributed by atoms with Gasteiger partial charge in [0.15, 0.2) is 0 Å². The monoisotopic (exact) mass is 391 g/mol. The predicted molar refractivity (Wildman–Crippen MR) is 106 cm³/mol. The minimum atomic E-state index is -0.250. The zero-order valence-electron chi connectivity index (χ0n) is 14.6. The number of benzene rings is 2. The number of amides is 1. The molecule has 1 N–H and O–H groups in total. The average molecular weight is 392 g/mol. The Morgan fingerprint density at radius 2 is 1.81 bits per heavy atom. The third kappa shape index (κ3) is 4.93. The SMILES string of the molecule is O=C(NCc1ccccc1OCC1CCCCC1)c1cccc(Cl)c1Cl. The summed E-state index contributed by atoms with van der Waals surface area (Å²) in [5.74, 6) is 1.21. The molecule has 138 valence electrons. The molecule has 0 unspecified atom stereocenters. The molecule has 1 saturated carbocycles. The van der Waals surface area contributed by atoms with E-state index in [2.05, 4.69) is 5.32 Å². The first-order valence-electron chi connectivity index (χ1n) is 9.08. The van der Waals surface area contributed by atoms with Crippen molar-refractivity contribution < 1.29 is 9.53 Å². The van der Waals surface area contributed by atoms with Crippen molar-refractivity contribution >= 4 is 29.1 Å². The molecule has 1 fully saturated rings. The summed E-state index contributed by atoms with van der Waals surface area (Å²) in [6, 6.07) is 12.9. The van der Waals surface area contributed by atoms with E-state index in [1.165, 1.54) is 32.1 Å². The highest BCUT2D eigenvalue weighted by molar-refractivity contribution is 6.43.